The van der Waals surface area contributed by atoms with Gasteiger partial charge in [0, 0.05) is 6.42 Å². The molecule has 2 rings (SSSR count). The molecule has 210 valence electrons. The van der Waals surface area contributed by atoms with Crippen LogP contribution in [0.5, 0.6) is 11.5 Å². The summed E-state index contributed by atoms with van der Waals surface area (Å²) in [6, 6.07) is 13.4. The van der Waals surface area contributed by atoms with E-state index in [1.165, 1.54) is 38.5 Å². The lowest BCUT2D eigenvalue weighted by molar-refractivity contribution is -0.421. The minimum Gasteiger partial charge on any atom is -0.493 e. The minimum atomic E-state index is -1.09. The zero-order valence-corrected chi connectivity index (χ0v) is 22.9. The molecule has 0 bridgehead atoms. The SMILES string of the molecule is CCCCCCCCCCCC(OOC(=O)c1ccccc1OCC)OOC(=O)c1ccccc1OCC. The lowest BCUT2D eigenvalue weighted by Crippen LogP contribution is -2.22. The maximum atomic E-state index is 12.6. The van der Waals surface area contributed by atoms with Gasteiger partial charge in [-0.05, 0) is 44.5 Å². The fraction of sp³-hybridized carbons (Fsp3) is 0.533. The van der Waals surface area contributed by atoms with Gasteiger partial charge in [-0.2, -0.15) is 0 Å². The molecule has 0 heterocycles. The van der Waals surface area contributed by atoms with E-state index in [2.05, 4.69) is 6.92 Å². The third-order valence-electron chi connectivity index (χ3n) is 5.82. The molecule has 38 heavy (non-hydrogen) atoms. The summed E-state index contributed by atoms with van der Waals surface area (Å²) in [4.78, 5) is 46.0. The Balaban J connectivity index is 1.92. The number of hydrogen-bond acceptors (Lipinski definition) is 8. The van der Waals surface area contributed by atoms with Crippen LogP contribution in [0.3, 0.4) is 0 Å². The lowest BCUT2D eigenvalue weighted by atomic mass is 10.1. The predicted octanol–water partition coefficient (Wildman–Crippen LogP) is 7.61. The molecule has 0 saturated carbocycles. The van der Waals surface area contributed by atoms with Crippen molar-refractivity contribution >= 4 is 11.9 Å². The van der Waals surface area contributed by atoms with E-state index in [1.54, 1.807) is 48.5 Å². The number of benzene rings is 2. The first-order valence-corrected chi connectivity index (χ1v) is 13.8. The van der Waals surface area contributed by atoms with Gasteiger partial charge in [-0.1, -0.05) is 82.6 Å². The second-order valence-corrected chi connectivity index (χ2v) is 8.84. The summed E-state index contributed by atoms with van der Waals surface area (Å²) in [7, 11) is 0. The van der Waals surface area contributed by atoms with E-state index in [0.717, 1.165) is 19.3 Å². The van der Waals surface area contributed by atoms with Crippen LogP contribution in [0.4, 0.5) is 0 Å². The van der Waals surface area contributed by atoms with Gasteiger partial charge in [0.1, 0.15) is 22.6 Å². The van der Waals surface area contributed by atoms with Crippen molar-refractivity contribution in [3.63, 3.8) is 0 Å². The van der Waals surface area contributed by atoms with Gasteiger partial charge in [0.2, 0.25) is 6.29 Å². The standard InChI is InChI=1S/C30H42O8/c1-4-7-8-9-10-11-12-13-14-23-28(35-37-29(31)24-19-15-17-21-26(24)33-5-2)36-38-30(32)25-20-16-18-22-27(25)34-6-3/h15-22,28H,4-14,23H2,1-3H3. The van der Waals surface area contributed by atoms with Gasteiger partial charge in [0.15, 0.2) is 0 Å². The summed E-state index contributed by atoms with van der Waals surface area (Å²) in [6.07, 6.45) is 9.55. The second kappa shape index (κ2) is 19.0. The molecule has 0 radical (unpaired) electrons. The topological polar surface area (TPSA) is 89.5 Å². The number of carbonyl (C=O) groups excluding carboxylic acids is 2. The summed E-state index contributed by atoms with van der Waals surface area (Å²) < 4.78 is 11.0. The van der Waals surface area contributed by atoms with Crippen LogP contribution in [0.2, 0.25) is 0 Å². The summed E-state index contributed by atoms with van der Waals surface area (Å²) in [5.41, 5.74) is 0.442. The highest BCUT2D eigenvalue weighted by Gasteiger charge is 2.22. The quantitative estimate of drug-likeness (QED) is 0.0748. The Morgan fingerprint density at radius 3 is 1.47 bits per heavy atom. The average molecular weight is 531 g/mol. The normalized spacial score (nSPS) is 10.8. The Hall–Kier alpha value is -3.10. The molecule has 0 aliphatic carbocycles. The van der Waals surface area contributed by atoms with Crippen molar-refractivity contribution in [1.82, 2.24) is 0 Å². The Labute approximate surface area is 226 Å². The maximum absolute atomic E-state index is 12.6. The van der Waals surface area contributed by atoms with Gasteiger partial charge in [0.25, 0.3) is 0 Å². The fourth-order valence-electron chi connectivity index (χ4n) is 3.85. The molecular formula is C30H42O8. The Kier molecular flexibility index (Phi) is 15.6. The Morgan fingerprint density at radius 2 is 1.03 bits per heavy atom. The molecule has 0 aromatic heterocycles. The summed E-state index contributed by atoms with van der Waals surface area (Å²) >= 11 is 0. The molecule has 0 unspecified atom stereocenters. The van der Waals surface area contributed by atoms with Crippen LogP contribution in [0.25, 0.3) is 0 Å². The van der Waals surface area contributed by atoms with Crippen LogP contribution >= 0.6 is 0 Å². The molecular weight excluding hydrogens is 488 g/mol. The van der Waals surface area contributed by atoms with Crippen molar-refractivity contribution in [3.05, 3.63) is 59.7 Å². The number of ether oxygens (including phenoxy) is 2. The fourth-order valence-corrected chi connectivity index (χ4v) is 3.85. The number of rotatable bonds is 20. The Bertz CT molecular complexity index is 880. The monoisotopic (exact) mass is 530 g/mol. The zero-order chi connectivity index (χ0) is 27.4. The van der Waals surface area contributed by atoms with Crippen molar-refractivity contribution in [1.29, 1.82) is 0 Å². The van der Waals surface area contributed by atoms with Crippen molar-refractivity contribution in [2.45, 2.75) is 91.3 Å². The first kappa shape index (κ1) is 31.1. The van der Waals surface area contributed by atoms with Crippen molar-refractivity contribution < 1.29 is 38.6 Å². The molecule has 0 aliphatic rings. The molecule has 2 aromatic carbocycles. The molecule has 0 N–H and O–H groups in total. The molecule has 0 spiro atoms. The van der Waals surface area contributed by atoms with Gasteiger partial charge in [-0.15, -0.1) is 9.78 Å². The highest BCUT2D eigenvalue weighted by molar-refractivity contribution is 5.92. The van der Waals surface area contributed by atoms with Gasteiger partial charge in [0.05, 0.1) is 13.2 Å². The molecule has 0 saturated heterocycles. The van der Waals surface area contributed by atoms with Crippen LogP contribution in [0, 0.1) is 0 Å². The number of para-hydroxylation sites is 2. The van der Waals surface area contributed by atoms with E-state index in [-0.39, 0.29) is 11.1 Å². The van der Waals surface area contributed by atoms with Crippen LogP contribution in [-0.2, 0) is 19.6 Å². The van der Waals surface area contributed by atoms with Crippen molar-refractivity contribution in [2.75, 3.05) is 13.2 Å². The highest BCUT2D eigenvalue weighted by Crippen LogP contribution is 2.22. The predicted molar refractivity (Wildman–Crippen MR) is 144 cm³/mol. The maximum Gasteiger partial charge on any atom is 0.376 e. The Morgan fingerprint density at radius 1 is 0.605 bits per heavy atom. The summed E-state index contributed by atoms with van der Waals surface area (Å²) in [5.74, 6) is -0.691. The second-order valence-electron chi connectivity index (χ2n) is 8.84. The van der Waals surface area contributed by atoms with E-state index in [0.29, 0.717) is 31.1 Å². The van der Waals surface area contributed by atoms with Gasteiger partial charge in [-0.3, -0.25) is 9.78 Å². The van der Waals surface area contributed by atoms with Crippen LogP contribution < -0.4 is 9.47 Å². The van der Waals surface area contributed by atoms with Gasteiger partial charge in [-0.25, -0.2) is 9.59 Å². The molecule has 0 aliphatic heterocycles. The molecule has 8 nitrogen and oxygen atoms in total. The van der Waals surface area contributed by atoms with Crippen molar-refractivity contribution in [2.24, 2.45) is 0 Å². The third kappa shape index (κ3) is 11.5. The minimum absolute atomic E-state index is 0.221. The number of unbranched alkanes of at least 4 members (excludes halogenated alkanes) is 8. The van der Waals surface area contributed by atoms with Crippen LogP contribution in [0.15, 0.2) is 48.5 Å². The lowest BCUT2D eigenvalue weighted by Gasteiger charge is -2.16. The van der Waals surface area contributed by atoms with E-state index in [4.69, 9.17) is 29.0 Å². The first-order chi connectivity index (χ1) is 18.6. The summed E-state index contributed by atoms with van der Waals surface area (Å²) in [5, 5.41) is 0. The van der Waals surface area contributed by atoms with E-state index >= 15 is 0 Å². The van der Waals surface area contributed by atoms with E-state index in [1.807, 2.05) is 13.8 Å². The third-order valence-corrected chi connectivity index (χ3v) is 5.82. The molecule has 2 aromatic rings. The molecule has 0 fully saturated rings. The van der Waals surface area contributed by atoms with Crippen molar-refractivity contribution in [3.8, 4) is 11.5 Å². The van der Waals surface area contributed by atoms with Gasteiger partial charge < -0.3 is 9.47 Å². The number of hydrogen-bond donors (Lipinski definition) is 0. The van der Waals surface area contributed by atoms with Gasteiger partial charge >= 0.3 is 11.9 Å². The van der Waals surface area contributed by atoms with Crippen LogP contribution in [-0.4, -0.2) is 31.4 Å². The summed E-state index contributed by atoms with van der Waals surface area (Å²) in [6.45, 7) is 6.66. The number of carbonyl (C=O) groups is 2. The molecule has 8 heteroatoms. The zero-order valence-electron chi connectivity index (χ0n) is 22.9. The molecule has 0 atom stereocenters. The highest BCUT2D eigenvalue weighted by atomic mass is 17.3. The largest absolute Gasteiger partial charge is 0.493 e. The molecule has 0 amide bonds. The van der Waals surface area contributed by atoms with Crippen LogP contribution in [0.1, 0.15) is 106 Å². The average Bonchev–Trinajstić information content (AvgIpc) is 2.93. The first-order valence-electron chi connectivity index (χ1n) is 13.8. The van der Waals surface area contributed by atoms with E-state index in [9.17, 15) is 9.59 Å². The van der Waals surface area contributed by atoms with E-state index < -0.39 is 18.2 Å². The smallest absolute Gasteiger partial charge is 0.376 e.